The van der Waals surface area contributed by atoms with Gasteiger partial charge in [0.1, 0.15) is 12.2 Å². The maximum atomic E-state index is 12.3. The second kappa shape index (κ2) is 7.13. The van der Waals surface area contributed by atoms with Crippen molar-refractivity contribution in [1.29, 1.82) is 0 Å². The highest BCUT2D eigenvalue weighted by Gasteiger charge is 2.17. The molecule has 0 saturated carbocycles. The van der Waals surface area contributed by atoms with Crippen molar-refractivity contribution >= 4 is 11.9 Å². The molecule has 2 aromatic heterocycles. The third-order valence-corrected chi connectivity index (χ3v) is 3.70. The molecule has 0 aliphatic rings. The van der Waals surface area contributed by atoms with E-state index in [4.69, 9.17) is 5.11 Å². The highest BCUT2D eigenvalue weighted by molar-refractivity contribution is 5.93. The predicted molar refractivity (Wildman–Crippen MR) is 89.7 cm³/mol. The Balaban J connectivity index is 1.68. The Hall–Kier alpha value is -3.56. The predicted octanol–water partition coefficient (Wildman–Crippen LogP) is 0.490. The summed E-state index contributed by atoms with van der Waals surface area (Å²) >= 11 is 0. The third kappa shape index (κ3) is 3.74. The molecule has 0 unspecified atom stereocenters. The maximum absolute atomic E-state index is 12.3. The van der Waals surface area contributed by atoms with Crippen LogP contribution in [0.4, 0.5) is 0 Å². The fraction of sp³-hybridized carbons (Fsp3) is 0.250. The summed E-state index contributed by atoms with van der Waals surface area (Å²) in [6.45, 7) is 3.57. The Morgan fingerprint density at radius 3 is 2.54 bits per heavy atom. The van der Waals surface area contributed by atoms with Crippen LogP contribution in [0.5, 0.6) is 0 Å². The molecule has 10 heteroatoms. The number of nitrogens with zero attached hydrogens (tertiary/aromatic N) is 6. The van der Waals surface area contributed by atoms with Gasteiger partial charge in [-0.15, -0.1) is 10.2 Å². The number of carboxylic acids is 1. The van der Waals surface area contributed by atoms with Gasteiger partial charge in [0.25, 0.3) is 5.91 Å². The summed E-state index contributed by atoms with van der Waals surface area (Å²) in [6, 6.07) is 7.71. The smallest absolute Gasteiger partial charge is 0.325 e. The summed E-state index contributed by atoms with van der Waals surface area (Å²) in [5, 5.41) is 26.9. The normalized spacial score (nSPS) is 10.7. The van der Waals surface area contributed by atoms with E-state index in [0.29, 0.717) is 11.4 Å². The number of aromatic nitrogens is 6. The molecule has 1 aromatic carbocycles. The molecule has 10 nitrogen and oxygen atoms in total. The first kappa shape index (κ1) is 17.3. The van der Waals surface area contributed by atoms with Crippen molar-refractivity contribution in [2.75, 3.05) is 0 Å². The number of benzene rings is 1. The summed E-state index contributed by atoms with van der Waals surface area (Å²) in [4.78, 5) is 23.0. The zero-order chi connectivity index (χ0) is 18.7. The van der Waals surface area contributed by atoms with Gasteiger partial charge in [-0.3, -0.25) is 9.59 Å². The summed E-state index contributed by atoms with van der Waals surface area (Å²) in [5.41, 5.74) is 3.21. The van der Waals surface area contributed by atoms with Crippen molar-refractivity contribution in [3.63, 3.8) is 0 Å². The summed E-state index contributed by atoms with van der Waals surface area (Å²) in [6.07, 6.45) is 1.46. The van der Waals surface area contributed by atoms with Gasteiger partial charge < -0.3 is 10.4 Å². The number of rotatable bonds is 6. The molecule has 0 fully saturated rings. The molecule has 2 N–H and O–H groups in total. The number of amides is 1. The maximum Gasteiger partial charge on any atom is 0.325 e. The van der Waals surface area contributed by atoms with Gasteiger partial charge in [-0.05, 0) is 26.0 Å². The van der Waals surface area contributed by atoms with Crippen molar-refractivity contribution in [2.45, 2.75) is 26.9 Å². The van der Waals surface area contributed by atoms with Crippen molar-refractivity contribution in [3.8, 4) is 5.69 Å². The number of carbonyl (C=O) groups is 2. The monoisotopic (exact) mass is 355 g/mol. The minimum Gasteiger partial charge on any atom is -0.480 e. The lowest BCUT2D eigenvalue weighted by Gasteiger charge is -2.04. The van der Waals surface area contributed by atoms with Crippen LogP contribution in [0.1, 0.15) is 27.4 Å². The lowest BCUT2D eigenvalue weighted by molar-refractivity contribution is -0.137. The molecule has 0 aliphatic carbocycles. The number of nitrogens with one attached hydrogen (secondary N) is 1. The molecular weight excluding hydrogens is 338 g/mol. The van der Waals surface area contributed by atoms with Gasteiger partial charge in [0.2, 0.25) is 0 Å². The lowest BCUT2D eigenvalue weighted by atomic mass is 10.2. The van der Waals surface area contributed by atoms with Gasteiger partial charge in [0.15, 0.2) is 5.69 Å². The summed E-state index contributed by atoms with van der Waals surface area (Å²) in [5.74, 6) is -1.41. The van der Waals surface area contributed by atoms with E-state index in [1.807, 2.05) is 31.2 Å². The van der Waals surface area contributed by atoms with E-state index >= 15 is 0 Å². The highest BCUT2D eigenvalue weighted by atomic mass is 16.4. The lowest BCUT2D eigenvalue weighted by Crippen LogP contribution is -2.24. The van der Waals surface area contributed by atoms with Gasteiger partial charge in [0, 0.05) is 0 Å². The highest BCUT2D eigenvalue weighted by Crippen LogP contribution is 2.13. The molecule has 134 valence electrons. The second-order valence-electron chi connectivity index (χ2n) is 5.75. The molecule has 3 rings (SSSR count). The molecule has 0 saturated heterocycles. The Labute approximate surface area is 148 Å². The van der Waals surface area contributed by atoms with E-state index in [2.05, 4.69) is 25.9 Å². The first-order valence-corrected chi connectivity index (χ1v) is 7.82. The Morgan fingerprint density at radius 2 is 1.85 bits per heavy atom. The number of aryl methyl sites for hydroxylation is 1. The topological polar surface area (TPSA) is 128 Å². The Morgan fingerprint density at radius 1 is 1.12 bits per heavy atom. The quantitative estimate of drug-likeness (QED) is 0.658. The van der Waals surface area contributed by atoms with Gasteiger partial charge >= 0.3 is 5.97 Å². The van der Waals surface area contributed by atoms with Crippen LogP contribution in [0.15, 0.2) is 30.5 Å². The zero-order valence-corrected chi connectivity index (χ0v) is 14.2. The van der Waals surface area contributed by atoms with E-state index in [-0.39, 0.29) is 18.8 Å². The van der Waals surface area contributed by atoms with E-state index < -0.39 is 11.9 Å². The average molecular weight is 355 g/mol. The first-order valence-electron chi connectivity index (χ1n) is 7.82. The van der Waals surface area contributed by atoms with Crippen molar-refractivity contribution in [1.82, 2.24) is 35.3 Å². The molecule has 2 heterocycles. The van der Waals surface area contributed by atoms with Crippen LogP contribution in [-0.4, -0.2) is 47.0 Å². The van der Waals surface area contributed by atoms with E-state index in [9.17, 15) is 9.59 Å². The van der Waals surface area contributed by atoms with Crippen LogP contribution in [0.2, 0.25) is 0 Å². The van der Waals surface area contributed by atoms with Gasteiger partial charge in [-0.25, -0.2) is 9.36 Å². The Kier molecular flexibility index (Phi) is 4.74. The molecule has 0 aliphatic heterocycles. The molecule has 3 aromatic rings. The van der Waals surface area contributed by atoms with Crippen LogP contribution in [0.25, 0.3) is 5.69 Å². The number of carbonyl (C=O) groups excluding carboxylic acids is 1. The molecule has 0 atom stereocenters. The number of aliphatic carboxylic acids is 1. The van der Waals surface area contributed by atoms with Crippen LogP contribution in [0, 0.1) is 13.8 Å². The number of hydrogen-bond acceptors (Lipinski definition) is 6. The largest absolute Gasteiger partial charge is 0.480 e. The second-order valence-corrected chi connectivity index (χ2v) is 5.75. The molecule has 0 radical (unpaired) electrons. The molecule has 26 heavy (non-hydrogen) atoms. The fourth-order valence-corrected chi connectivity index (χ4v) is 2.36. The SMILES string of the molecule is Cc1ccc(-n2nnc(C(=O)NCc3cn(CC(=O)O)nn3)c2C)cc1. The molecule has 0 spiro atoms. The number of hydrogen-bond donors (Lipinski definition) is 2. The number of carboxylic acid groups (broad SMARTS) is 1. The van der Waals surface area contributed by atoms with Crippen molar-refractivity contribution < 1.29 is 14.7 Å². The van der Waals surface area contributed by atoms with Gasteiger partial charge in [-0.1, -0.05) is 28.1 Å². The minimum absolute atomic E-state index is 0.106. The minimum atomic E-state index is -1.02. The summed E-state index contributed by atoms with van der Waals surface area (Å²) in [7, 11) is 0. The van der Waals surface area contributed by atoms with Crippen LogP contribution >= 0.6 is 0 Å². The first-order chi connectivity index (χ1) is 12.4. The van der Waals surface area contributed by atoms with Crippen molar-refractivity contribution in [3.05, 3.63) is 53.1 Å². The molecule has 0 bridgehead atoms. The van der Waals surface area contributed by atoms with E-state index in [0.717, 1.165) is 11.3 Å². The van der Waals surface area contributed by atoms with Crippen molar-refractivity contribution in [2.24, 2.45) is 0 Å². The van der Waals surface area contributed by atoms with Crippen LogP contribution in [-0.2, 0) is 17.9 Å². The van der Waals surface area contributed by atoms with Crippen LogP contribution in [0.3, 0.4) is 0 Å². The fourth-order valence-electron chi connectivity index (χ4n) is 2.36. The Bertz CT molecular complexity index is 943. The van der Waals surface area contributed by atoms with E-state index in [1.54, 1.807) is 11.6 Å². The average Bonchev–Trinajstić information content (AvgIpc) is 3.19. The zero-order valence-electron chi connectivity index (χ0n) is 14.2. The standard InChI is InChI=1S/C16H17N7O3/c1-10-3-5-13(6-4-10)23-11(2)15(19-21-23)16(26)17-7-12-8-22(20-18-12)9-14(24)25/h3-6,8H,7,9H2,1-2H3,(H,17,26)(H,24,25). The van der Waals surface area contributed by atoms with E-state index in [1.165, 1.54) is 10.9 Å². The summed E-state index contributed by atoms with van der Waals surface area (Å²) < 4.78 is 2.78. The molecular formula is C16H17N7O3. The van der Waals surface area contributed by atoms with Crippen LogP contribution < -0.4 is 5.32 Å². The van der Waals surface area contributed by atoms with Gasteiger partial charge in [0.05, 0.1) is 24.1 Å². The third-order valence-electron chi connectivity index (χ3n) is 3.70. The molecule has 1 amide bonds. The van der Waals surface area contributed by atoms with Gasteiger partial charge in [-0.2, -0.15) is 0 Å².